The Morgan fingerprint density at radius 2 is 2.06 bits per heavy atom. The van der Waals surface area contributed by atoms with Crippen LogP contribution in [0, 0.1) is 5.92 Å². The number of carbonyl (C=O) groups excluding carboxylic acids is 1. The van der Waals surface area contributed by atoms with E-state index in [4.69, 9.17) is 4.43 Å². The van der Waals surface area contributed by atoms with Crippen molar-refractivity contribution in [2.45, 2.75) is 58.0 Å². The molecule has 1 fully saturated rings. The molecule has 0 aromatic heterocycles. The highest BCUT2D eigenvalue weighted by Gasteiger charge is 2.46. The molecule has 18 heavy (non-hydrogen) atoms. The van der Waals surface area contributed by atoms with Crippen LogP contribution >= 0.6 is 0 Å². The van der Waals surface area contributed by atoms with Gasteiger partial charge in [0.1, 0.15) is 0 Å². The number of β-lactam (4-membered cyclic amide) rings is 1. The average Bonchev–Trinajstić information content (AvgIpc) is 2.13. The van der Waals surface area contributed by atoms with Gasteiger partial charge in [0.15, 0.2) is 8.32 Å². The molecule has 0 aromatic carbocycles. The summed E-state index contributed by atoms with van der Waals surface area (Å²) in [7, 11) is -1.83. The van der Waals surface area contributed by atoms with Crippen molar-refractivity contribution in [3.05, 3.63) is 18.4 Å². The van der Waals surface area contributed by atoms with Crippen LogP contribution in [-0.4, -0.2) is 26.4 Å². The second kappa shape index (κ2) is 5.04. The Morgan fingerprint density at radius 3 is 2.44 bits per heavy atom. The Bertz CT molecular complexity index is 378. The minimum Gasteiger partial charge on any atom is -0.413 e. The molecule has 4 heteroatoms. The Balaban J connectivity index is 2.74. The lowest BCUT2D eigenvalue weighted by molar-refractivity contribution is -0.137. The largest absolute Gasteiger partial charge is 0.413 e. The highest BCUT2D eigenvalue weighted by molar-refractivity contribution is 6.74. The van der Waals surface area contributed by atoms with Crippen LogP contribution in [0.3, 0.4) is 0 Å². The van der Waals surface area contributed by atoms with Gasteiger partial charge >= 0.3 is 0 Å². The van der Waals surface area contributed by atoms with E-state index in [1.807, 2.05) is 6.92 Å². The summed E-state index contributed by atoms with van der Waals surface area (Å²) < 4.78 is 6.26. The summed E-state index contributed by atoms with van der Waals surface area (Å²) in [5, 5.41) is 3.00. The number of rotatable bonds is 4. The second-order valence-corrected chi connectivity index (χ2v) is 11.3. The minimum atomic E-state index is -1.83. The van der Waals surface area contributed by atoms with Crippen molar-refractivity contribution in [3.63, 3.8) is 0 Å². The molecule has 1 aliphatic heterocycles. The second-order valence-electron chi connectivity index (χ2n) is 6.51. The van der Waals surface area contributed by atoms with Crippen molar-refractivity contribution in [2.75, 3.05) is 0 Å². The predicted octanol–water partition coefficient (Wildman–Crippen LogP) is 2.85. The quantitative estimate of drug-likeness (QED) is 0.483. The standard InChI is InChI=1S/C14H25NO2Si/c1-8-9-11-12(13(16)15-11)10(2)17-18(6,7)14(3,4)5/h9-12H,1H2,2-7H3,(H,15,16)/t10-,11+,12+/m1/s1. The van der Waals surface area contributed by atoms with E-state index in [2.05, 4.69) is 51.5 Å². The van der Waals surface area contributed by atoms with Gasteiger partial charge in [-0.15, -0.1) is 5.73 Å². The van der Waals surface area contributed by atoms with Gasteiger partial charge in [-0.1, -0.05) is 27.4 Å². The van der Waals surface area contributed by atoms with Gasteiger partial charge in [-0.25, -0.2) is 0 Å². The molecule has 102 valence electrons. The van der Waals surface area contributed by atoms with Gasteiger partial charge in [0, 0.05) is 0 Å². The van der Waals surface area contributed by atoms with E-state index >= 15 is 0 Å². The fraction of sp³-hybridized carbons (Fsp3) is 0.714. The van der Waals surface area contributed by atoms with Crippen molar-refractivity contribution in [2.24, 2.45) is 5.92 Å². The monoisotopic (exact) mass is 267 g/mol. The van der Waals surface area contributed by atoms with Gasteiger partial charge in [0.25, 0.3) is 0 Å². The summed E-state index contributed by atoms with van der Waals surface area (Å²) in [6.45, 7) is 16.6. The molecule has 1 saturated heterocycles. The van der Waals surface area contributed by atoms with Crippen LogP contribution in [-0.2, 0) is 9.22 Å². The highest BCUT2D eigenvalue weighted by Crippen LogP contribution is 2.38. The lowest BCUT2D eigenvalue weighted by Gasteiger charge is -2.44. The first-order chi connectivity index (χ1) is 8.10. The number of amides is 1. The van der Waals surface area contributed by atoms with Crippen LogP contribution in [0.15, 0.2) is 18.4 Å². The minimum absolute atomic E-state index is 0.0229. The van der Waals surface area contributed by atoms with E-state index in [0.29, 0.717) is 0 Å². The van der Waals surface area contributed by atoms with E-state index in [1.165, 1.54) is 0 Å². The van der Waals surface area contributed by atoms with Gasteiger partial charge in [0.05, 0.1) is 18.1 Å². The SMILES string of the molecule is C=C=C[C@@H]1NC(=O)[C@H]1[C@@H](C)O[Si](C)(C)C(C)(C)C. The maximum Gasteiger partial charge on any atom is 0.228 e. The number of nitrogens with one attached hydrogen (secondary N) is 1. The van der Waals surface area contributed by atoms with Crippen LogP contribution in [0.25, 0.3) is 0 Å². The molecular formula is C14H25NO2Si. The van der Waals surface area contributed by atoms with Crippen molar-refractivity contribution >= 4 is 14.2 Å². The van der Waals surface area contributed by atoms with Crippen molar-refractivity contribution < 1.29 is 9.22 Å². The first kappa shape index (κ1) is 15.2. The van der Waals surface area contributed by atoms with E-state index < -0.39 is 8.32 Å². The number of hydrogen-bond acceptors (Lipinski definition) is 2. The lowest BCUT2D eigenvalue weighted by Crippen LogP contribution is -2.62. The third-order valence-electron chi connectivity index (χ3n) is 4.09. The van der Waals surface area contributed by atoms with E-state index in [1.54, 1.807) is 6.08 Å². The van der Waals surface area contributed by atoms with Crippen molar-refractivity contribution in [1.29, 1.82) is 0 Å². The summed E-state index contributed by atoms with van der Waals surface area (Å²) >= 11 is 0. The van der Waals surface area contributed by atoms with Gasteiger partial charge < -0.3 is 9.74 Å². The molecule has 1 heterocycles. The van der Waals surface area contributed by atoms with E-state index in [9.17, 15) is 4.79 Å². The van der Waals surface area contributed by atoms with Crippen LogP contribution in [0.2, 0.25) is 18.1 Å². The maximum absolute atomic E-state index is 11.6. The summed E-state index contributed by atoms with van der Waals surface area (Å²) in [6, 6.07) is 0.0229. The molecule has 3 atom stereocenters. The Morgan fingerprint density at radius 1 is 1.50 bits per heavy atom. The van der Waals surface area contributed by atoms with Crippen LogP contribution in [0.5, 0.6) is 0 Å². The van der Waals surface area contributed by atoms with Crippen LogP contribution in [0.1, 0.15) is 27.7 Å². The summed E-state index contributed by atoms with van der Waals surface area (Å²) in [6.07, 6.45) is 1.74. The lowest BCUT2D eigenvalue weighted by atomic mass is 9.86. The highest BCUT2D eigenvalue weighted by atomic mass is 28.4. The van der Waals surface area contributed by atoms with Crippen LogP contribution in [0.4, 0.5) is 0 Å². The zero-order valence-corrected chi connectivity index (χ0v) is 13.3. The fourth-order valence-corrected chi connectivity index (χ4v) is 3.34. The maximum atomic E-state index is 11.6. The average molecular weight is 267 g/mol. The Labute approximate surface area is 111 Å². The van der Waals surface area contributed by atoms with Crippen LogP contribution < -0.4 is 5.32 Å². The number of carbonyl (C=O) groups is 1. The first-order valence-electron chi connectivity index (χ1n) is 6.44. The zero-order chi connectivity index (χ0) is 14.1. The summed E-state index contributed by atoms with van der Waals surface area (Å²) in [4.78, 5) is 11.6. The third-order valence-corrected chi connectivity index (χ3v) is 8.66. The summed E-state index contributed by atoms with van der Waals surface area (Å²) in [5.41, 5.74) is 2.73. The molecule has 1 aliphatic rings. The molecule has 0 radical (unpaired) electrons. The van der Waals surface area contributed by atoms with Gasteiger partial charge in [-0.3, -0.25) is 4.79 Å². The topological polar surface area (TPSA) is 38.3 Å². The van der Waals surface area contributed by atoms with Crippen molar-refractivity contribution in [1.82, 2.24) is 5.32 Å². The third kappa shape index (κ3) is 2.94. The Hall–Kier alpha value is -0.833. The number of hydrogen-bond donors (Lipinski definition) is 1. The molecule has 1 rings (SSSR count). The predicted molar refractivity (Wildman–Crippen MR) is 76.9 cm³/mol. The molecule has 1 N–H and O–H groups in total. The fourth-order valence-electron chi connectivity index (χ4n) is 1.91. The molecular weight excluding hydrogens is 242 g/mol. The normalized spacial score (nSPS) is 25.8. The molecule has 0 spiro atoms. The molecule has 0 saturated carbocycles. The first-order valence-corrected chi connectivity index (χ1v) is 9.35. The molecule has 3 nitrogen and oxygen atoms in total. The Kier molecular flexibility index (Phi) is 4.26. The van der Waals surface area contributed by atoms with Crippen molar-refractivity contribution in [3.8, 4) is 0 Å². The van der Waals surface area contributed by atoms with Gasteiger partial charge in [0.2, 0.25) is 5.91 Å². The van der Waals surface area contributed by atoms with Gasteiger partial charge in [-0.2, -0.15) is 0 Å². The van der Waals surface area contributed by atoms with E-state index in [-0.39, 0.29) is 29.0 Å². The smallest absolute Gasteiger partial charge is 0.228 e. The van der Waals surface area contributed by atoms with E-state index in [0.717, 1.165) is 0 Å². The molecule has 0 bridgehead atoms. The molecule has 0 unspecified atom stereocenters. The van der Waals surface area contributed by atoms with Gasteiger partial charge in [-0.05, 0) is 31.1 Å². The zero-order valence-electron chi connectivity index (χ0n) is 12.3. The molecule has 0 aromatic rings. The molecule has 1 amide bonds. The molecule has 0 aliphatic carbocycles. The summed E-state index contributed by atoms with van der Waals surface area (Å²) in [5.74, 6) is -0.0360.